The van der Waals surface area contributed by atoms with Gasteiger partial charge in [-0.1, -0.05) is 18.2 Å². The van der Waals surface area contributed by atoms with Crippen LogP contribution in [-0.4, -0.2) is 49.2 Å². The monoisotopic (exact) mass is 271 g/mol. The molecule has 2 rings (SSSR count). The van der Waals surface area contributed by atoms with Crippen molar-refractivity contribution in [2.45, 2.75) is 0 Å². The van der Waals surface area contributed by atoms with Crippen molar-refractivity contribution in [3.8, 4) is 0 Å². The Balaban J connectivity index is 1.80. The van der Waals surface area contributed by atoms with E-state index in [1.807, 2.05) is 0 Å². The summed E-state index contributed by atoms with van der Waals surface area (Å²) in [5, 5.41) is 0.340. The lowest BCUT2D eigenvalue weighted by Gasteiger charge is -2.26. The minimum atomic E-state index is -3.67. The van der Waals surface area contributed by atoms with Gasteiger partial charge in [-0.2, -0.15) is 0 Å². The second kappa shape index (κ2) is 6.45. The highest BCUT2D eigenvalue weighted by Gasteiger charge is 2.22. The first kappa shape index (κ1) is 13.7. The van der Waals surface area contributed by atoms with Crippen LogP contribution in [0.5, 0.6) is 0 Å². The summed E-state index contributed by atoms with van der Waals surface area (Å²) >= 11 is 0. The van der Waals surface area contributed by atoms with Crippen LogP contribution in [0.15, 0.2) is 30.3 Å². The third-order valence-corrected chi connectivity index (χ3v) is 4.34. The molecule has 0 spiro atoms. The summed E-state index contributed by atoms with van der Waals surface area (Å²) in [6.07, 6.45) is 0. The number of hydrogen-bond donors (Lipinski definition) is 1. The summed E-state index contributed by atoms with van der Waals surface area (Å²) in [4.78, 5) is 12.0. The van der Waals surface area contributed by atoms with E-state index in [0.29, 0.717) is 11.8 Å². The summed E-state index contributed by atoms with van der Waals surface area (Å²) in [5.41, 5.74) is 0. The van der Waals surface area contributed by atoms with E-state index in [1.54, 1.807) is 30.3 Å². The van der Waals surface area contributed by atoms with E-state index in [2.05, 4.69) is 4.90 Å². The number of morpholine rings is 1. The van der Waals surface area contributed by atoms with E-state index in [9.17, 15) is 9.46 Å². The lowest BCUT2D eigenvalue weighted by atomic mass is 10.4. The lowest BCUT2D eigenvalue weighted by Crippen LogP contribution is -2.38. The van der Waals surface area contributed by atoms with Crippen LogP contribution in [0.4, 0.5) is 0 Å². The van der Waals surface area contributed by atoms with Crippen molar-refractivity contribution >= 4 is 12.9 Å². The third kappa shape index (κ3) is 3.90. The molecular formula is C12H18NO4P. The first-order valence-electron chi connectivity index (χ1n) is 6.01. The predicted molar refractivity (Wildman–Crippen MR) is 69.1 cm³/mol. The smallest absolute Gasteiger partial charge is 0.358 e. The number of hydrogen-bond acceptors (Lipinski definition) is 4. The zero-order valence-corrected chi connectivity index (χ0v) is 11.1. The molecular weight excluding hydrogens is 253 g/mol. The molecule has 0 amide bonds. The van der Waals surface area contributed by atoms with Gasteiger partial charge in [0, 0.05) is 19.6 Å². The fourth-order valence-electron chi connectivity index (χ4n) is 1.81. The van der Waals surface area contributed by atoms with Crippen LogP contribution in [0.1, 0.15) is 0 Å². The van der Waals surface area contributed by atoms with Crippen LogP contribution < -0.4 is 5.30 Å². The van der Waals surface area contributed by atoms with Gasteiger partial charge in [-0.15, -0.1) is 0 Å². The van der Waals surface area contributed by atoms with Gasteiger partial charge in [0.15, 0.2) is 0 Å². The van der Waals surface area contributed by atoms with Crippen LogP contribution in [0.25, 0.3) is 0 Å². The van der Waals surface area contributed by atoms with Crippen molar-refractivity contribution < 1.29 is 18.7 Å². The van der Waals surface area contributed by atoms with E-state index in [-0.39, 0.29) is 6.61 Å². The second-order valence-corrected chi connectivity index (χ2v) is 5.96. The highest BCUT2D eigenvalue weighted by molar-refractivity contribution is 7.61. The average molecular weight is 271 g/mol. The van der Waals surface area contributed by atoms with Crippen molar-refractivity contribution in [3.05, 3.63) is 30.3 Å². The van der Waals surface area contributed by atoms with E-state index in [4.69, 9.17) is 9.26 Å². The normalized spacial score (nSPS) is 20.5. The Morgan fingerprint density at radius 1 is 1.28 bits per heavy atom. The average Bonchev–Trinajstić information content (AvgIpc) is 2.41. The van der Waals surface area contributed by atoms with Crippen LogP contribution in [-0.2, 0) is 13.8 Å². The lowest BCUT2D eigenvalue weighted by molar-refractivity contribution is 0.0318. The molecule has 1 N–H and O–H groups in total. The molecule has 0 aliphatic carbocycles. The molecule has 0 saturated carbocycles. The van der Waals surface area contributed by atoms with Crippen molar-refractivity contribution in [2.24, 2.45) is 0 Å². The summed E-state index contributed by atoms with van der Waals surface area (Å²) in [6, 6.07) is 8.47. The van der Waals surface area contributed by atoms with Crippen molar-refractivity contribution in [1.82, 2.24) is 4.90 Å². The Morgan fingerprint density at radius 3 is 2.61 bits per heavy atom. The van der Waals surface area contributed by atoms with Gasteiger partial charge in [-0.3, -0.25) is 9.46 Å². The molecule has 0 bridgehead atoms. The molecule has 5 nitrogen and oxygen atoms in total. The molecule has 1 aliphatic rings. The Kier molecular flexibility index (Phi) is 4.92. The second-order valence-electron chi connectivity index (χ2n) is 4.14. The van der Waals surface area contributed by atoms with E-state index in [0.717, 1.165) is 26.3 Å². The minimum Gasteiger partial charge on any atom is -0.379 e. The van der Waals surface area contributed by atoms with Crippen molar-refractivity contribution in [3.63, 3.8) is 0 Å². The minimum absolute atomic E-state index is 0.253. The fraction of sp³-hybridized carbons (Fsp3) is 0.500. The molecule has 1 heterocycles. The van der Waals surface area contributed by atoms with Gasteiger partial charge in [0.25, 0.3) is 0 Å². The summed E-state index contributed by atoms with van der Waals surface area (Å²) < 4.78 is 22.3. The molecule has 0 aromatic heterocycles. The predicted octanol–water partition coefficient (Wildman–Crippen LogP) is 0.846. The maximum Gasteiger partial charge on any atom is 0.358 e. The molecule has 1 aromatic rings. The van der Waals surface area contributed by atoms with Crippen molar-refractivity contribution in [1.29, 1.82) is 0 Å². The van der Waals surface area contributed by atoms with E-state index >= 15 is 0 Å². The zero-order chi connectivity index (χ0) is 12.8. The van der Waals surface area contributed by atoms with Crippen LogP contribution in [0, 0.1) is 0 Å². The van der Waals surface area contributed by atoms with E-state index < -0.39 is 7.60 Å². The maximum absolute atomic E-state index is 11.9. The molecule has 1 aliphatic heterocycles. The number of benzene rings is 1. The molecule has 1 aromatic carbocycles. The van der Waals surface area contributed by atoms with Gasteiger partial charge in [0.2, 0.25) is 0 Å². The number of nitrogens with zero attached hydrogens (tertiary/aromatic N) is 1. The number of ether oxygens (including phenoxy) is 1. The largest absolute Gasteiger partial charge is 0.379 e. The highest BCUT2D eigenvalue weighted by atomic mass is 31.2. The third-order valence-electron chi connectivity index (χ3n) is 2.86. The first-order valence-corrected chi connectivity index (χ1v) is 7.59. The Morgan fingerprint density at radius 2 is 1.94 bits per heavy atom. The SMILES string of the molecule is O=P(O)(OCCN1CCOCC1)c1ccccc1. The first-order chi connectivity index (χ1) is 8.68. The summed E-state index contributed by atoms with van der Waals surface area (Å²) in [6.45, 7) is 4.04. The van der Waals surface area contributed by atoms with Gasteiger partial charge < -0.3 is 14.2 Å². The molecule has 18 heavy (non-hydrogen) atoms. The van der Waals surface area contributed by atoms with Crippen LogP contribution in [0.2, 0.25) is 0 Å². The molecule has 0 radical (unpaired) electrons. The van der Waals surface area contributed by atoms with Crippen LogP contribution in [0.3, 0.4) is 0 Å². The highest BCUT2D eigenvalue weighted by Crippen LogP contribution is 2.40. The fourth-order valence-corrected chi connectivity index (χ4v) is 2.84. The quantitative estimate of drug-likeness (QED) is 0.804. The maximum atomic E-state index is 11.9. The Bertz CT molecular complexity index is 406. The zero-order valence-electron chi connectivity index (χ0n) is 10.2. The summed E-state index contributed by atoms with van der Waals surface area (Å²) in [7, 11) is -3.67. The van der Waals surface area contributed by atoms with Gasteiger partial charge in [0.05, 0.1) is 25.1 Å². The van der Waals surface area contributed by atoms with Gasteiger partial charge >= 0.3 is 7.60 Å². The van der Waals surface area contributed by atoms with Crippen molar-refractivity contribution in [2.75, 3.05) is 39.5 Å². The van der Waals surface area contributed by atoms with E-state index in [1.165, 1.54) is 0 Å². The van der Waals surface area contributed by atoms with Gasteiger partial charge in [-0.25, -0.2) is 0 Å². The molecule has 1 unspecified atom stereocenters. The molecule has 1 fully saturated rings. The summed E-state index contributed by atoms with van der Waals surface area (Å²) in [5.74, 6) is 0. The Hall–Kier alpha value is -0.710. The van der Waals surface area contributed by atoms with Gasteiger partial charge in [0.1, 0.15) is 0 Å². The molecule has 1 saturated heterocycles. The topological polar surface area (TPSA) is 59.0 Å². The molecule has 1 atom stereocenters. The van der Waals surface area contributed by atoms with Crippen LogP contribution >= 0.6 is 7.60 Å². The molecule has 100 valence electrons. The number of rotatable bonds is 5. The molecule has 6 heteroatoms. The van der Waals surface area contributed by atoms with Gasteiger partial charge in [-0.05, 0) is 12.1 Å². The standard InChI is InChI=1S/C12H18NO4P/c14-18(15,12-4-2-1-3-5-12)17-11-8-13-6-9-16-10-7-13/h1-5H,6-11H2,(H,14,15). The Labute approximate surface area is 107 Å².